The minimum absolute atomic E-state index is 0.0841. The number of carbonyl (C=O) groups is 2. The Labute approximate surface area is 184 Å². The molecule has 1 aromatic heterocycles. The van der Waals surface area contributed by atoms with Crippen LogP contribution in [0.2, 0.25) is 5.02 Å². The molecule has 0 radical (unpaired) electrons. The zero-order valence-electron chi connectivity index (χ0n) is 16.1. The van der Waals surface area contributed by atoms with E-state index in [0.29, 0.717) is 22.5 Å². The number of carboxylic acid groups (broad SMARTS) is 1. The summed E-state index contributed by atoms with van der Waals surface area (Å²) in [5.74, 6) is -1.94. The maximum absolute atomic E-state index is 12.3. The summed E-state index contributed by atoms with van der Waals surface area (Å²) in [5.41, 5.74) is 3.16. The lowest BCUT2D eigenvalue weighted by molar-refractivity contribution is -0.192. The monoisotopic (exact) mass is 465 g/mol. The van der Waals surface area contributed by atoms with Gasteiger partial charge in [0.1, 0.15) is 5.02 Å². The standard InChI is InChI=1S/C18H14ClN5O.C2HF3O2/c19-15-10-20-18-23-14-6-2-5-13(9-14)21-16(25)8-11-3-1-4-12(7-11)22-17(15)24-18;3-2(4,5)1(6)7/h1-7,9-10H,8H2,(H,21,25)(H2,20,22,23,24);(H,6,7). The molecule has 12 heteroatoms. The summed E-state index contributed by atoms with van der Waals surface area (Å²) >= 11 is 6.20. The number of benzene rings is 2. The van der Waals surface area contributed by atoms with Crippen LogP contribution in [0.25, 0.3) is 0 Å². The first kappa shape index (κ1) is 22.8. The van der Waals surface area contributed by atoms with Crippen LogP contribution >= 0.6 is 11.6 Å². The quantitative estimate of drug-likeness (QED) is 0.378. The zero-order valence-corrected chi connectivity index (χ0v) is 16.8. The number of aliphatic carboxylic acids is 1. The van der Waals surface area contributed by atoms with Crippen molar-refractivity contribution in [1.82, 2.24) is 9.97 Å². The van der Waals surface area contributed by atoms with Crippen LogP contribution in [-0.2, 0) is 16.0 Å². The zero-order chi connectivity index (χ0) is 23.3. The number of halogens is 4. The minimum atomic E-state index is -5.08. The Hall–Kier alpha value is -3.86. The van der Waals surface area contributed by atoms with Gasteiger partial charge < -0.3 is 21.1 Å². The number of fused-ring (bicyclic) bond motifs is 6. The van der Waals surface area contributed by atoms with Gasteiger partial charge in [0.25, 0.3) is 0 Å². The fraction of sp³-hybridized carbons (Fsp3) is 0.100. The molecule has 1 aliphatic heterocycles. The predicted molar refractivity (Wildman–Crippen MR) is 113 cm³/mol. The van der Waals surface area contributed by atoms with E-state index >= 15 is 0 Å². The lowest BCUT2D eigenvalue weighted by Gasteiger charge is -2.13. The molecule has 3 aromatic rings. The molecule has 0 spiro atoms. The van der Waals surface area contributed by atoms with Gasteiger partial charge in [-0.25, -0.2) is 9.78 Å². The predicted octanol–water partition coefficient (Wildman–Crippen LogP) is 4.75. The maximum atomic E-state index is 12.3. The number of amides is 1. The number of alkyl halides is 3. The highest BCUT2D eigenvalue weighted by molar-refractivity contribution is 6.32. The average molecular weight is 466 g/mol. The van der Waals surface area contributed by atoms with Gasteiger partial charge in [-0.05, 0) is 35.9 Å². The molecule has 2 aromatic carbocycles. The highest BCUT2D eigenvalue weighted by Crippen LogP contribution is 2.26. The molecule has 6 bridgehead atoms. The van der Waals surface area contributed by atoms with Crippen molar-refractivity contribution < 1.29 is 27.9 Å². The number of aromatic nitrogens is 2. The number of carbonyl (C=O) groups excluding carboxylic acids is 1. The Bertz CT molecular complexity index is 1160. The molecule has 2 heterocycles. The lowest BCUT2D eigenvalue weighted by Crippen LogP contribution is -2.21. The first-order chi connectivity index (χ1) is 15.1. The molecule has 0 saturated heterocycles. The number of nitrogens with one attached hydrogen (secondary N) is 3. The van der Waals surface area contributed by atoms with Gasteiger partial charge in [0, 0.05) is 17.1 Å². The lowest BCUT2D eigenvalue weighted by atomic mass is 10.1. The van der Waals surface area contributed by atoms with E-state index in [1.807, 2.05) is 48.5 Å². The Morgan fingerprint density at radius 1 is 1.00 bits per heavy atom. The first-order valence-corrected chi connectivity index (χ1v) is 9.33. The largest absolute Gasteiger partial charge is 0.490 e. The maximum Gasteiger partial charge on any atom is 0.490 e. The summed E-state index contributed by atoms with van der Waals surface area (Å²) in [6.45, 7) is 0. The number of rotatable bonds is 0. The SMILES string of the molecule is O=C(O)C(F)(F)F.O=C1Cc2cccc(c2)Nc2nc(ncc2Cl)Nc2cccc(c2)N1. The van der Waals surface area contributed by atoms with Crippen LogP contribution < -0.4 is 16.0 Å². The van der Waals surface area contributed by atoms with E-state index in [1.54, 1.807) is 6.20 Å². The van der Waals surface area contributed by atoms with E-state index in [0.717, 1.165) is 16.9 Å². The average Bonchev–Trinajstić information content (AvgIpc) is 2.70. The smallest absolute Gasteiger partial charge is 0.475 e. The molecule has 4 rings (SSSR count). The van der Waals surface area contributed by atoms with Crippen LogP contribution in [0.3, 0.4) is 0 Å². The Morgan fingerprint density at radius 2 is 1.59 bits per heavy atom. The molecular weight excluding hydrogens is 451 g/mol. The van der Waals surface area contributed by atoms with Gasteiger partial charge in [-0.1, -0.05) is 29.8 Å². The summed E-state index contributed by atoms with van der Waals surface area (Å²) in [7, 11) is 0. The second-order valence-electron chi connectivity index (χ2n) is 6.45. The molecule has 32 heavy (non-hydrogen) atoms. The second kappa shape index (κ2) is 9.52. The molecule has 0 unspecified atom stereocenters. The minimum Gasteiger partial charge on any atom is -0.475 e. The Morgan fingerprint density at radius 3 is 2.25 bits per heavy atom. The van der Waals surface area contributed by atoms with E-state index in [9.17, 15) is 18.0 Å². The number of carboxylic acids is 1. The number of nitrogens with zero attached hydrogens (tertiary/aromatic N) is 2. The van der Waals surface area contributed by atoms with Crippen LogP contribution in [0.5, 0.6) is 0 Å². The van der Waals surface area contributed by atoms with Crippen molar-refractivity contribution in [2.75, 3.05) is 16.0 Å². The fourth-order valence-corrected chi connectivity index (χ4v) is 2.74. The summed E-state index contributed by atoms with van der Waals surface area (Å²) in [6.07, 6.45) is -3.27. The van der Waals surface area contributed by atoms with E-state index in [-0.39, 0.29) is 12.3 Å². The second-order valence-corrected chi connectivity index (χ2v) is 6.86. The van der Waals surface area contributed by atoms with Crippen LogP contribution in [0.15, 0.2) is 54.7 Å². The van der Waals surface area contributed by atoms with Gasteiger partial charge in [-0.3, -0.25) is 4.79 Å². The van der Waals surface area contributed by atoms with Crippen LogP contribution in [0.4, 0.5) is 42.0 Å². The van der Waals surface area contributed by atoms with Crippen LogP contribution in [0, 0.1) is 0 Å². The Kier molecular flexibility index (Phi) is 6.79. The van der Waals surface area contributed by atoms with Gasteiger partial charge >= 0.3 is 12.1 Å². The third-order valence-corrected chi connectivity index (χ3v) is 4.22. The fourth-order valence-electron chi connectivity index (χ4n) is 2.61. The summed E-state index contributed by atoms with van der Waals surface area (Å²) in [4.78, 5) is 29.8. The summed E-state index contributed by atoms with van der Waals surface area (Å²) in [6, 6.07) is 14.9. The molecule has 8 nitrogen and oxygen atoms in total. The van der Waals surface area contributed by atoms with Crippen LogP contribution in [0.1, 0.15) is 5.56 Å². The number of anilines is 5. The molecule has 0 fully saturated rings. The van der Waals surface area contributed by atoms with Crippen molar-refractivity contribution >= 4 is 52.3 Å². The van der Waals surface area contributed by atoms with Crippen LogP contribution in [-0.4, -0.2) is 33.1 Å². The van der Waals surface area contributed by atoms with Crippen molar-refractivity contribution in [3.05, 3.63) is 65.3 Å². The van der Waals surface area contributed by atoms with Crippen molar-refractivity contribution in [3.8, 4) is 0 Å². The molecule has 166 valence electrons. The number of hydrogen-bond donors (Lipinski definition) is 4. The van der Waals surface area contributed by atoms with E-state index < -0.39 is 12.1 Å². The van der Waals surface area contributed by atoms with Crippen molar-refractivity contribution in [3.63, 3.8) is 0 Å². The van der Waals surface area contributed by atoms with Crippen molar-refractivity contribution in [2.45, 2.75) is 12.6 Å². The van der Waals surface area contributed by atoms with Gasteiger partial charge in [0.05, 0.1) is 12.6 Å². The van der Waals surface area contributed by atoms with Crippen molar-refractivity contribution in [1.29, 1.82) is 0 Å². The molecule has 0 aliphatic carbocycles. The highest BCUT2D eigenvalue weighted by atomic mass is 35.5. The molecule has 0 saturated carbocycles. The van der Waals surface area contributed by atoms with Gasteiger partial charge in [-0.2, -0.15) is 18.2 Å². The van der Waals surface area contributed by atoms with E-state index in [4.69, 9.17) is 21.5 Å². The summed E-state index contributed by atoms with van der Waals surface area (Å²) < 4.78 is 31.7. The highest BCUT2D eigenvalue weighted by Gasteiger charge is 2.38. The first-order valence-electron chi connectivity index (χ1n) is 8.96. The molecule has 0 atom stereocenters. The molecule has 1 aliphatic rings. The van der Waals surface area contributed by atoms with Gasteiger partial charge in [0.2, 0.25) is 11.9 Å². The van der Waals surface area contributed by atoms with Gasteiger partial charge in [-0.15, -0.1) is 0 Å². The van der Waals surface area contributed by atoms with E-state index in [2.05, 4.69) is 25.9 Å². The molecule has 4 N–H and O–H groups in total. The number of hydrogen-bond acceptors (Lipinski definition) is 6. The third kappa shape index (κ3) is 6.32. The normalized spacial score (nSPS) is 12.7. The molecule has 1 amide bonds. The van der Waals surface area contributed by atoms with E-state index in [1.165, 1.54) is 0 Å². The van der Waals surface area contributed by atoms with Crippen molar-refractivity contribution in [2.24, 2.45) is 0 Å². The van der Waals surface area contributed by atoms with Gasteiger partial charge in [0.15, 0.2) is 5.82 Å². The topological polar surface area (TPSA) is 116 Å². The third-order valence-electron chi connectivity index (χ3n) is 3.94. The Balaban J connectivity index is 0.000000360. The molecular formula is C20H15ClF3N5O3. The summed E-state index contributed by atoms with van der Waals surface area (Å²) in [5, 5.41) is 16.7.